The topological polar surface area (TPSA) is 64.3 Å². The standard InChI is InChI=1S/C11H24N2O2/c1-8(2)10(6-12)13-11(14)5-9(3)7-15-4/h8-10H,5-7,12H2,1-4H3,(H,13,14). The molecule has 0 aromatic rings. The number of ether oxygens (including phenoxy) is 1. The highest BCUT2D eigenvalue weighted by Crippen LogP contribution is 2.04. The fourth-order valence-electron chi connectivity index (χ4n) is 1.42. The van der Waals surface area contributed by atoms with Crippen LogP contribution in [0.2, 0.25) is 0 Å². The van der Waals surface area contributed by atoms with Crippen LogP contribution in [-0.2, 0) is 9.53 Å². The van der Waals surface area contributed by atoms with E-state index >= 15 is 0 Å². The molecule has 15 heavy (non-hydrogen) atoms. The van der Waals surface area contributed by atoms with Crippen LogP contribution in [0.4, 0.5) is 0 Å². The maximum Gasteiger partial charge on any atom is 0.220 e. The molecule has 0 heterocycles. The Kier molecular flexibility index (Phi) is 7.34. The molecule has 0 fully saturated rings. The lowest BCUT2D eigenvalue weighted by molar-refractivity contribution is -0.123. The number of carbonyl (C=O) groups excluding carboxylic acids is 1. The van der Waals surface area contributed by atoms with Gasteiger partial charge in [0.2, 0.25) is 5.91 Å². The first kappa shape index (κ1) is 14.4. The Balaban J connectivity index is 3.90. The number of amides is 1. The largest absolute Gasteiger partial charge is 0.384 e. The first-order valence-electron chi connectivity index (χ1n) is 5.49. The molecule has 0 aromatic heterocycles. The second-order valence-electron chi connectivity index (χ2n) is 4.42. The van der Waals surface area contributed by atoms with Gasteiger partial charge in [-0.3, -0.25) is 4.79 Å². The lowest BCUT2D eigenvalue weighted by atomic mass is 10.0. The molecule has 0 bridgehead atoms. The average Bonchev–Trinajstić information content (AvgIpc) is 2.13. The van der Waals surface area contributed by atoms with Crippen LogP contribution >= 0.6 is 0 Å². The molecule has 0 aromatic carbocycles. The van der Waals surface area contributed by atoms with E-state index in [4.69, 9.17) is 10.5 Å². The Morgan fingerprint density at radius 1 is 1.40 bits per heavy atom. The summed E-state index contributed by atoms with van der Waals surface area (Å²) in [5, 5.41) is 2.94. The number of rotatable bonds is 7. The Bertz CT molecular complexity index is 183. The minimum Gasteiger partial charge on any atom is -0.384 e. The molecule has 3 N–H and O–H groups in total. The first-order chi connectivity index (χ1) is 7.01. The van der Waals surface area contributed by atoms with Crippen molar-refractivity contribution < 1.29 is 9.53 Å². The van der Waals surface area contributed by atoms with Crippen LogP contribution in [0, 0.1) is 11.8 Å². The summed E-state index contributed by atoms with van der Waals surface area (Å²) in [6.45, 7) is 7.20. The molecule has 1 amide bonds. The summed E-state index contributed by atoms with van der Waals surface area (Å²) in [4.78, 5) is 11.6. The van der Waals surface area contributed by atoms with Crippen LogP contribution in [0.1, 0.15) is 27.2 Å². The van der Waals surface area contributed by atoms with Gasteiger partial charge in [-0.25, -0.2) is 0 Å². The quantitative estimate of drug-likeness (QED) is 0.660. The predicted octanol–water partition coefficient (Wildman–Crippen LogP) is 0.759. The highest BCUT2D eigenvalue weighted by Gasteiger charge is 2.15. The van der Waals surface area contributed by atoms with Crippen LogP contribution < -0.4 is 11.1 Å². The number of carbonyl (C=O) groups is 1. The number of hydrogen-bond donors (Lipinski definition) is 2. The van der Waals surface area contributed by atoms with E-state index in [1.807, 2.05) is 6.92 Å². The van der Waals surface area contributed by atoms with E-state index in [9.17, 15) is 4.79 Å². The molecular formula is C11H24N2O2. The summed E-state index contributed by atoms with van der Waals surface area (Å²) < 4.78 is 4.98. The van der Waals surface area contributed by atoms with Gasteiger partial charge in [-0.05, 0) is 11.8 Å². The van der Waals surface area contributed by atoms with E-state index in [-0.39, 0.29) is 17.9 Å². The molecule has 0 aliphatic rings. The van der Waals surface area contributed by atoms with Gasteiger partial charge in [0.1, 0.15) is 0 Å². The second kappa shape index (κ2) is 7.65. The van der Waals surface area contributed by atoms with Crippen LogP contribution in [-0.4, -0.2) is 32.2 Å². The van der Waals surface area contributed by atoms with Crippen molar-refractivity contribution in [2.45, 2.75) is 33.2 Å². The monoisotopic (exact) mass is 216 g/mol. The van der Waals surface area contributed by atoms with Crippen LogP contribution in [0.3, 0.4) is 0 Å². The molecule has 4 nitrogen and oxygen atoms in total. The summed E-state index contributed by atoms with van der Waals surface area (Å²) in [6, 6.07) is 0.0762. The first-order valence-corrected chi connectivity index (χ1v) is 5.49. The molecule has 0 radical (unpaired) electrons. The molecule has 0 spiro atoms. The van der Waals surface area contributed by atoms with E-state index in [1.54, 1.807) is 7.11 Å². The Hall–Kier alpha value is -0.610. The number of hydrogen-bond acceptors (Lipinski definition) is 3. The summed E-state index contributed by atoms with van der Waals surface area (Å²) >= 11 is 0. The molecule has 2 unspecified atom stereocenters. The molecule has 0 saturated heterocycles. The third-order valence-corrected chi connectivity index (χ3v) is 2.39. The molecule has 0 saturated carbocycles. The maximum atomic E-state index is 11.6. The maximum absolute atomic E-state index is 11.6. The van der Waals surface area contributed by atoms with Crippen molar-refractivity contribution in [3.05, 3.63) is 0 Å². The van der Waals surface area contributed by atoms with Crippen LogP contribution in [0.15, 0.2) is 0 Å². The lowest BCUT2D eigenvalue weighted by Crippen LogP contribution is -2.44. The summed E-state index contributed by atoms with van der Waals surface area (Å²) in [7, 11) is 1.64. The van der Waals surface area contributed by atoms with Crippen LogP contribution in [0.5, 0.6) is 0 Å². The van der Waals surface area contributed by atoms with Gasteiger partial charge in [-0.2, -0.15) is 0 Å². The van der Waals surface area contributed by atoms with Crippen molar-refractivity contribution in [1.29, 1.82) is 0 Å². The van der Waals surface area contributed by atoms with Gasteiger partial charge in [0.25, 0.3) is 0 Å². The van der Waals surface area contributed by atoms with Crippen molar-refractivity contribution in [3.63, 3.8) is 0 Å². The van der Waals surface area contributed by atoms with Crippen molar-refractivity contribution in [3.8, 4) is 0 Å². The van der Waals surface area contributed by atoms with Gasteiger partial charge < -0.3 is 15.8 Å². The minimum atomic E-state index is 0.0590. The molecular weight excluding hydrogens is 192 g/mol. The van der Waals surface area contributed by atoms with Gasteiger partial charge in [0.15, 0.2) is 0 Å². The van der Waals surface area contributed by atoms with Gasteiger partial charge in [-0.1, -0.05) is 20.8 Å². The van der Waals surface area contributed by atoms with Crippen molar-refractivity contribution in [1.82, 2.24) is 5.32 Å². The number of nitrogens with one attached hydrogen (secondary N) is 1. The van der Waals surface area contributed by atoms with Crippen LogP contribution in [0.25, 0.3) is 0 Å². The van der Waals surface area contributed by atoms with Gasteiger partial charge in [0, 0.05) is 32.7 Å². The van der Waals surface area contributed by atoms with Crippen molar-refractivity contribution >= 4 is 5.91 Å². The summed E-state index contributed by atoms with van der Waals surface area (Å²) in [5.74, 6) is 0.681. The zero-order valence-electron chi connectivity index (χ0n) is 10.2. The van der Waals surface area contributed by atoms with Gasteiger partial charge in [0.05, 0.1) is 0 Å². The Labute approximate surface area is 92.6 Å². The van der Waals surface area contributed by atoms with E-state index in [1.165, 1.54) is 0 Å². The van der Waals surface area contributed by atoms with Gasteiger partial charge in [-0.15, -0.1) is 0 Å². The molecule has 0 rings (SSSR count). The third-order valence-electron chi connectivity index (χ3n) is 2.39. The molecule has 0 aliphatic heterocycles. The minimum absolute atomic E-state index is 0.0590. The van der Waals surface area contributed by atoms with Crippen molar-refractivity contribution in [2.24, 2.45) is 17.6 Å². The zero-order chi connectivity index (χ0) is 11.8. The Morgan fingerprint density at radius 3 is 2.40 bits per heavy atom. The fourth-order valence-corrected chi connectivity index (χ4v) is 1.42. The van der Waals surface area contributed by atoms with E-state index in [0.717, 1.165) is 0 Å². The highest BCUT2D eigenvalue weighted by molar-refractivity contribution is 5.76. The lowest BCUT2D eigenvalue weighted by Gasteiger charge is -2.21. The fraction of sp³-hybridized carbons (Fsp3) is 0.909. The molecule has 2 atom stereocenters. The summed E-state index contributed by atoms with van der Waals surface area (Å²) in [6.07, 6.45) is 0.497. The van der Waals surface area contributed by atoms with Crippen molar-refractivity contribution in [2.75, 3.05) is 20.3 Å². The third kappa shape index (κ3) is 6.47. The van der Waals surface area contributed by atoms with E-state index in [2.05, 4.69) is 19.2 Å². The normalized spacial score (nSPS) is 15.1. The molecule has 90 valence electrons. The number of methoxy groups -OCH3 is 1. The van der Waals surface area contributed by atoms with E-state index in [0.29, 0.717) is 25.5 Å². The second-order valence-corrected chi connectivity index (χ2v) is 4.42. The Morgan fingerprint density at radius 2 is 2.00 bits per heavy atom. The predicted molar refractivity (Wildman–Crippen MR) is 61.5 cm³/mol. The molecule has 4 heteroatoms. The SMILES string of the molecule is COCC(C)CC(=O)NC(CN)C(C)C. The average molecular weight is 216 g/mol. The zero-order valence-corrected chi connectivity index (χ0v) is 10.2. The molecule has 0 aliphatic carbocycles. The number of nitrogens with two attached hydrogens (primary N) is 1. The smallest absolute Gasteiger partial charge is 0.220 e. The summed E-state index contributed by atoms with van der Waals surface area (Å²) in [5.41, 5.74) is 5.57. The van der Waals surface area contributed by atoms with Gasteiger partial charge >= 0.3 is 0 Å². The highest BCUT2D eigenvalue weighted by atomic mass is 16.5. The van der Waals surface area contributed by atoms with E-state index < -0.39 is 0 Å².